The molecule has 1 radical (unpaired) electrons. The van der Waals surface area contributed by atoms with E-state index in [1.165, 1.54) is 0 Å². The fourth-order valence-electron chi connectivity index (χ4n) is 0. The Kier molecular flexibility index (Phi) is 72.4. The fourth-order valence-corrected chi connectivity index (χ4v) is 0. The van der Waals surface area contributed by atoms with Crippen LogP contribution >= 0.6 is 0 Å². The molecule has 1 nitrogen and oxygen atoms in total. The summed E-state index contributed by atoms with van der Waals surface area (Å²) < 4.78 is 7.81. The maximum absolute atomic E-state index is 7.81. The molecule has 0 aliphatic heterocycles. The average molecular weight is 167 g/mol. The van der Waals surface area contributed by atoms with E-state index in [2.05, 4.69) is 15.9 Å². The summed E-state index contributed by atoms with van der Waals surface area (Å²) in [5, 5.41) is 0. The summed E-state index contributed by atoms with van der Waals surface area (Å²) in [4.78, 5) is 0. The topological polar surface area (TPSA) is 17.1 Å². The molecule has 4 heteroatoms. The van der Waals surface area contributed by atoms with Crippen molar-refractivity contribution in [1.82, 2.24) is 0 Å². The summed E-state index contributed by atoms with van der Waals surface area (Å²) in [7, 11) is 0. The summed E-state index contributed by atoms with van der Waals surface area (Å²) in [5.74, 6) is 0. The molecule has 4 heavy (non-hydrogen) atoms. The number of hydrogen-bond acceptors (Lipinski definition) is 1. The molecule has 24 valence electrons. The Balaban J connectivity index is -0.00000000500. The molecule has 0 spiro atoms. The zero-order valence-corrected chi connectivity index (χ0v) is 4.03. The third-order valence-electron chi connectivity index (χ3n) is 0. The third kappa shape index (κ3) is 8.82. The van der Waals surface area contributed by atoms with Crippen LogP contribution in [-0.4, -0.2) is 37.7 Å². The van der Waals surface area contributed by atoms with Gasteiger partial charge in [0.15, 0.2) is 0 Å². The second-order valence-electron chi connectivity index (χ2n) is 0. The van der Waals surface area contributed by atoms with E-state index in [1.54, 1.807) is 0 Å². The smallest absolute Gasteiger partial charge is 0 e. The Hall–Kier alpha value is 2.45. The van der Waals surface area contributed by atoms with E-state index >= 15 is 0 Å². The molecule has 0 aromatic heterocycles. The van der Waals surface area contributed by atoms with Crippen molar-refractivity contribution in [1.29, 1.82) is 0 Å². The van der Waals surface area contributed by atoms with Crippen molar-refractivity contribution in [3.8, 4) is 0 Å². The van der Waals surface area contributed by atoms with Crippen molar-refractivity contribution < 1.29 is 45.6 Å². The first-order valence-corrected chi connectivity index (χ1v) is 0.508. The quantitative estimate of drug-likeness (QED) is 0.421. The van der Waals surface area contributed by atoms with E-state index in [-0.39, 0.29) is 63.6 Å². The molecule has 0 fully saturated rings. The molecule has 0 N–H and O–H groups in total. The van der Waals surface area contributed by atoms with Crippen molar-refractivity contribution in [2.75, 3.05) is 0 Å². The first-order valence-electron chi connectivity index (χ1n) is 0.123. The van der Waals surface area contributed by atoms with Crippen LogP contribution in [0.3, 0.4) is 0 Å². The van der Waals surface area contributed by atoms with Gasteiger partial charge in [0.25, 0.3) is 0 Å². The fraction of sp³-hybridized carbons (Fsp3) is 0. The van der Waals surface area contributed by atoms with Crippen molar-refractivity contribution in [2.45, 2.75) is 0 Å². The minimum Gasteiger partial charge on any atom is 0 e. The van der Waals surface area contributed by atoms with Crippen LogP contribution in [0, 0.1) is 0 Å². The van der Waals surface area contributed by atoms with Crippen molar-refractivity contribution in [3.63, 3.8) is 0 Å². The Morgan fingerprint density at radius 1 is 1.25 bits per heavy atom. The molecule has 0 heterocycles. The second-order valence-corrected chi connectivity index (χ2v) is 0. The largest absolute Gasteiger partial charge is 0 e. The molecule has 0 rings (SSSR count). The number of hydrogen-bond donors (Lipinski definition) is 0. The van der Waals surface area contributed by atoms with Gasteiger partial charge in [0, 0.05) is 25.8 Å². The van der Waals surface area contributed by atoms with E-state index in [1.807, 2.05) is 0 Å². The van der Waals surface area contributed by atoms with Gasteiger partial charge in [-0.05, 0) is 0 Å². The van der Waals surface area contributed by atoms with Gasteiger partial charge < -0.3 is 0 Å². The zero-order valence-electron chi connectivity index (χ0n) is 1.29. The van der Waals surface area contributed by atoms with E-state index in [0.717, 1.165) is 0 Å². The van der Waals surface area contributed by atoms with Gasteiger partial charge in [-0.2, -0.15) is 0 Å². The van der Waals surface area contributed by atoms with E-state index in [9.17, 15) is 0 Å². The maximum atomic E-state index is 7.81. The predicted octanol–water partition coefficient (Wildman–Crippen LogP) is -1.04. The summed E-state index contributed by atoms with van der Waals surface area (Å²) >= 11 is 2.94. The first-order chi connectivity index (χ1) is 1.00. The zero-order chi connectivity index (χ0) is 2.00. The van der Waals surface area contributed by atoms with Crippen molar-refractivity contribution in [2.24, 2.45) is 0 Å². The van der Waals surface area contributed by atoms with Gasteiger partial charge >= 0.3 is 57.5 Å². The van der Waals surface area contributed by atoms with Crippen LogP contribution in [0.1, 0.15) is 0 Å². The SMILES string of the molecule is [CaH2].[O]=[Cu].[Sc]. The van der Waals surface area contributed by atoms with Crippen LogP contribution in [0.25, 0.3) is 0 Å². The first kappa shape index (κ1) is 16.1. The Morgan fingerprint density at radius 2 is 1.25 bits per heavy atom. The van der Waals surface area contributed by atoms with Gasteiger partial charge in [-0.1, -0.05) is 0 Å². The molecular formula is H2CaCuOSc. The summed E-state index contributed by atoms with van der Waals surface area (Å²) in [6.45, 7) is 0. The van der Waals surface area contributed by atoms with Crippen LogP contribution in [0.15, 0.2) is 0 Å². The number of rotatable bonds is 0. The van der Waals surface area contributed by atoms with Crippen LogP contribution in [0.4, 0.5) is 0 Å². The van der Waals surface area contributed by atoms with Gasteiger partial charge in [0.1, 0.15) is 0 Å². The Labute approximate surface area is 81.7 Å². The molecule has 0 aliphatic rings. The molecule has 0 amide bonds. The minimum absolute atomic E-state index is 0. The molecule has 0 aromatic carbocycles. The van der Waals surface area contributed by atoms with Gasteiger partial charge in [-0.25, -0.2) is 0 Å². The second kappa shape index (κ2) is 18.0. The molecule has 0 aromatic rings. The third-order valence-corrected chi connectivity index (χ3v) is 0. The summed E-state index contributed by atoms with van der Waals surface area (Å²) in [6, 6.07) is 0. The summed E-state index contributed by atoms with van der Waals surface area (Å²) in [6.07, 6.45) is 0. The minimum atomic E-state index is 0. The maximum Gasteiger partial charge on any atom is 0 e. The van der Waals surface area contributed by atoms with Crippen molar-refractivity contribution in [3.05, 3.63) is 0 Å². The van der Waals surface area contributed by atoms with Crippen LogP contribution in [0.5, 0.6) is 0 Å². The molecule has 0 bridgehead atoms. The standard InChI is InChI=1S/Ca.Cu.O.Sc.2H. The molecule has 0 atom stereocenters. The molecule has 0 saturated heterocycles. The van der Waals surface area contributed by atoms with Crippen LogP contribution in [0.2, 0.25) is 0 Å². The molecule has 0 aliphatic carbocycles. The van der Waals surface area contributed by atoms with Crippen LogP contribution in [-0.2, 0) is 45.6 Å². The van der Waals surface area contributed by atoms with Crippen molar-refractivity contribution >= 4 is 37.7 Å². The Morgan fingerprint density at radius 3 is 1.25 bits per heavy atom. The van der Waals surface area contributed by atoms with Gasteiger partial charge in [-0.15, -0.1) is 0 Å². The molecule has 0 unspecified atom stereocenters. The van der Waals surface area contributed by atoms with E-state index in [0.29, 0.717) is 0 Å². The van der Waals surface area contributed by atoms with Gasteiger partial charge in [-0.3, -0.25) is 0 Å². The van der Waals surface area contributed by atoms with Gasteiger partial charge in [0.05, 0.1) is 0 Å². The molecule has 0 saturated carbocycles. The monoisotopic (exact) mass is 166 g/mol. The van der Waals surface area contributed by atoms with E-state index < -0.39 is 0 Å². The van der Waals surface area contributed by atoms with E-state index in [4.69, 9.17) is 3.83 Å². The molecular weight excluding hydrogens is 165 g/mol. The predicted molar refractivity (Wildman–Crippen MR) is 9.23 cm³/mol. The summed E-state index contributed by atoms with van der Waals surface area (Å²) in [5.41, 5.74) is 0. The normalized spacial score (nSPS) is 1.50. The average Bonchev–Trinajstić information content (AvgIpc) is 1.00. The van der Waals surface area contributed by atoms with Crippen LogP contribution < -0.4 is 0 Å². The Bertz CT molecular complexity index is 8.00. The van der Waals surface area contributed by atoms with Gasteiger partial charge in [0.2, 0.25) is 0 Å².